The molecular weight excluding hydrogens is 411 g/mol. The molecule has 0 aliphatic heterocycles. The van der Waals surface area contributed by atoms with Crippen molar-refractivity contribution in [3.63, 3.8) is 0 Å². The monoisotopic (exact) mass is 431 g/mol. The number of rotatable bonds is 4. The third-order valence-corrected chi connectivity index (χ3v) is 5.66. The molecule has 2 aromatic carbocycles. The molecule has 0 radical (unpaired) electrons. The molecule has 0 spiro atoms. The molecule has 1 aliphatic rings. The summed E-state index contributed by atoms with van der Waals surface area (Å²) < 4.78 is 38.9. The summed E-state index contributed by atoms with van der Waals surface area (Å²) in [5.74, 6) is 0.873. The molecule has 6 heteroatoms. The van der Waals surface area contributed by atoms with Gasteiger partial charge >= 0.3 is 6.18 Å². The van der Waals surface area contributed by atoms with E-state index < -0.39 is 11.7 Å². The minimum atomic E-state index is -4.35. The predicted octanol–water partition coefficient (Wildman–Crippen LogP) is 6.96. The molecule has 5 rings (SSSR count). The number of benzene rings is 2. The number of hydrogen-bond acceptors (Lipinski definition) is 3. The van der Waals surface area contributed by atoms with Crippen LogP contribution in [0.1, 0.15) is 30.0 Å². The van der Waals surface area contributed by atoms with Crippen LogP contribution in [-0.4, -0.2) is 9.97 Å². The lowest BCUT2D eigenvalue weighted by Crippen LogP contribution is -2.04. The normalized spacial score (nSPS) is 13.8. The molecule has 3 nitrogen and oxygen atoms in total. The van der Waals surface area contributed by atoms with Crippen molar-refractivity contribution in [2.24, 2.45) is 0 Å². The summed E-state index contributed by atoms with van der Waals surface area (Å²) in [6.07, 6.45) is -0.450. The van der Waals surface area contributed by atoms with Crippen LogP contribution >= 0.6 is 0 Å². The lowest BCUT2D eigenvalue weighted by atomic mass is 9.98. The van der Waals surface area contributed by atoms with Gasteiger partial charge in [0.15, 0.2) is 0 Å². The molecule has 0 bridgehead atoms. The Morgan fingerprint density at radius 1 is 0.750 bits per heavy atom. The number of anilines is 1. The number of nitrogens with two attached hydrogens (primary N) is 1. The summed E-state index contributed by atoms with van der Waals surface area (Å²) in [5.41, 5.74) is 11.3. The molecule has 2 heterocycles. The number of halogens is 3. The maximum absolute atomic E-state index is 13.0. The Morgan fingerprint density at radius 3 is 2.12 bits per heavy atom. The van der Waals surface area contributed by atoms with Crippen molar-refractivity contribution in [2.75, 3.05) is 5.73 Å². The molecule has 1 fully saturated rings. The van der Waals surface area contributed by atoms with Crippen LogP contribution in [0.4, 0.5) is 19.0 Å². The molecule has 2 aromatic heterocycles. The molecule has 2 N–H and O–H groups in total. The van der Waals surface area contributed by atoms with Gasteiger partial charge in [-0.2, -0.15) is 13.2 Å². The van der Waals surface area contributed by atoms with E-state index in [0.29, 0.717) is 11.7 Å². The summed E-state index contributed by atoms with van der Waals surface area (Å²) in [4.78, 5) is 9.04. The number of hydrogen-bond donors (Lipinski definition) is 1. The zero-order valence-corrected chi connectivity index (χ0v) is 17.1. The Labute approximate surface area is 183 Å². The molecule has 32 heavy (non-hydrogen) atoms. The fourth-order valence-corrected chi connectivity index (χ4v) is 3.74. The second-order valence-corrected chi connectivity index (χ2v) is 8.07. The highest BCUT2D eigenvalue weighted by Crippen LogP contribution is 2.42. The quantitative estimate of drug-likeness (QED) is 0.380. The SMILES string of the molecule is Nc1ccc(-c2cccc(-c3cc(-c4ccc(C(F)(F)F)cc4)cc(C4CC4)n3)c2)cn1. The molecule has 0 saturated heterocycles. The third kappa shape index (κ3) is 4.21. The average molecular weight is 431 g/mol. The number of nitrogen functional groups attached to an aromatic ring is 1. The predicted molar refractivity (Wildman–Crippen MR) is 120 cm³/mol. The Kier molecular flexibility index (Phi) is 4.93. The van der Waals surface area contributed by atoms with Gasteiger partial charge in [-0.05, 0) is 72.0 Å². The van der Waals surface area contributed by atoms with Gasteiger partial charge in [-0.25, -0.2) is 4.98 Å². The van der Waals surface area contributed by atoms with Crippen LogP contribution in [-0.2, 0) is 6.18 Å². The molecular formula is C26H20F3N3. The van der Waals surface area contributed by atoms with Crippen LogP contribution in [0.3, 0.4) is 0 Å². The molecule has 0 atom stereocenters. The van der Waals surface area contributed by atoms with Crippen LogP contribution < -0.4 is 5.73 Å². The van der Waals surface area contributed by atoms with E-state index in [4.69, 9.17) is 10.7 Å². The summed E-state index contributed by atoms with van der Waals surface area (Å²) in [5, 5.41) is 0. The first-order valence-corrected chi connectivity index (χ1v) is 10.4. The van der Waals surface area contributed by atoms with E-state index >= 15 is 0 Å². The second-order valence-electron chi connectivity index (χ2n) is 8.07. The summed E-state index contributed by atoms with van der Waals surface area (Å²) in [6, 6.07) is 20.9. The van der Waals surface area contributed by atoms with E-state index in [1.54, 1.807) is 12.3 Å². The molecule has 0 unspecified atom stereocenters. The van der Waals surface area contributed by atoms with E-state index in [1.165, 1.54) is 12.1 Å². The van der Waals surface area contributed by atoms with Gasteiger partial charge in [0.2, 0.25) is 0 Å². The zero-order valence-electron chi connectivity index (χ0n) is 17.1. The lowest BCUT2D eigenvalue weighted by Gasteiger charge is -2.12. The van der Waals surface area contributed by atoms with Gasteiger partial charge in [-0.1, -0.05) is 30.3 Å². The first-order chi connectivity index (χ1) is 15.4. The molecule has 0 amide bonds. The van der Waals surface area contributed by atoms with Crippen molar-refractivity contribution in [2.45, 2.75) is 24.9 Å². The fourth-order valence-electron chi connectivity index (χ4n) is 3.74. The number of nitrogens with zero attached hydrogens (tertiary/aromatic N) is 2. The third-order valence-electron chi connectivity index (χ3n) is 5.66. The van der Waals surface area contributed by atoms with Gasteiger partial charge in [0, 0.05) is 28.9 Å². The highest BCUT2D eigenvalue weighted by atomic mass is 19.4. The smallest absolute Gasteiger partial charge is 0.384 e. The summed E-state index contributed by atoms with van der Waals surface area (Å²) >= 11 is 0. The van der Waals surface area contributed by atoms with Gasteiger partial charge in [-0.15, -0.1) is 0 Å². The van der Waals surface area contributed by atoms with Crippen LogP contribution in [0.15, 0.2) is 79.0 Å². The summed E-state index contributed by atoms with van der Waals surface area (Å²) in [6.45, 7) is 0. The molecule has 4 aromatic rings. The maximum atomic E-state index is 13.0. The van der Waals surface area contributed by atoms with Crippen LogP contribution in [0.5, 0.6) is 0 Å². The highest BCUT2D eigenvalue weighted by molar-refractivity contribution is 5.75. The van der Waals surface area contributed by atoms with Crippen LogP contribution in [0, 0.1) is 0 Å². The van der Waals surface area contributed by atoms with Crippen LogP contribution in [0.2, 0.25) is 0 Å². The largest absolute Gasteiger partial charge is 0.416 e. The van der Waals surface area contributed by atoms with Gasteiger partial charge in [0.1, 0.15) is 5.82 Å². The second kappa shape index (κ2) is 7.79. The first kappa shape index (κ1) is 20.2. The average Bonchev–Trinajstić information content (AvgIpc) is 3.65. The van der Waals surface area contributed by atoms with Crippen molar-refractivity contribution < 1.29 is 13.2 Å². The zero-order chi connectivity index (χ0) is 22.3. The van der Waals surface area contributed by atoms with Crippen molar-refractivity contribution in [1.82, 2.24) is 9.97 Å². The highest BCUT2D eigenvalue weighted by Gasteiger charge is 2.30. The lowest BCUT2D eigenvalue weighted by molar-refractivity contribution is -0.137. The topological polar surface area (TPSA) is 51.8 Å². The van der Waals surface area contributed by atoms with Crippen molar-refractivity contribution >= 4 is 5.82 Å². The molecule has 1 aliphatic carbocycles. The van der Waals surface area contributed by atoms with E-state index in [-0.39, 0.29) is 0 Å². The minimum absolute atomic E-state index is 0.410. The number of aromatic nitrogens is 2. The van der Waals surface area contributed by atoms with E-state index in [0.717, 1.165) is 64.2 Å². The standard InChI is InChI=1S/C26H20F3N3/c27-26(28,29)22-9-6-16(7-10-22)21-13-23(17-4-5-17)32-24(14-21)19-3-1-2-18(12-19)20-8-11-25(30)31-15-20/h1-3,6-15,17H,4-5H2,(H2,30,31). The fraction of sp³-hybridized carbons (Fsp3) is 0.154. The minimum Gasteiger partial charge on any atom is -0.384 e. The summed E-state index contributed by atoms with van der Waals surface area (Å²) in [7, 11) is 0. The first-order valence-electron chi connectivity index (χ1n) is 10.4. The Bertz CT molecular complexity index is 1260. The van der Waals surface area contributed by atoms with Gasteiger partial charge in [0.05, 0.1) is 11.3 Å². The maximum Gasteiger partial charge on any atom is 0.416 e. The molecule has 1 saturated carbocycles. The number of pyridine rings is 2. The Hall–Kier alpha value is -3.67. The van der Waals surface area contributed by atoms with Crippen molar-refractivity contribution in [1.29, 1.82) is 0 Å². The molecule has 160 valence electrons. The van der Waals surface area contributed by atoms with E-state index in [2.05, 4.69) is 4.98 Å². The van der Waals surface area contributed by atoms with Crippen LogP contribution in [0.25, 0.3) is 33.5 Å². The van der Waals surface area contributed by atoms with E-state index in [1.807, 2.05) is 42.5 Å². The van der Waals surface area contributed by atoms with Gasteiger partial charge < -0.3 is 5.73 Å². The Morgan fingerprint density at radius 2 is 1.47 bits per heavy atom. The van der Waals surface area contributed by atoms with Gasteiger partial charge in [-0.3, -0.25) is 4.98 Å². The van der Waals surface area contributed by atoms with E-state index in [9.17, 15) is 13.2 Å². The van der Waals surface area contributed by atoms with Crippen molar-refractivity contribution in [3.8, 4) is 33.5 Å². The van der Waals surface area contributed by atoms with Gasteiger partial charge in [0.25, 0.3) is 0 Å². The number of alkyl halides is 3. The Balaban J connectivity index is 1.56. The van der Waals surface area contributed by atoms with Crippen molar-refractivity contribution in [3.05, 3.63) is 90.3 Å².